The van der Waals surface area contributed by atoms with Gasteiger partial charge in [-0.15, -0.1) is 10.6 Å². The van der Waals surface area contributed by atoms with Crippen LogP contribution in [-0.4, -0.2) is 39.9 Å². The van der Waals surface area contributed by atoms with Gasteiger partial charge >= 0.3 is 0 Å². The Morgan fingerprint density at radius 2 is 1.81 bits per heavy atom. The Labute approximate surface area is 150 Å². The maximum absolute atomic E-state index is 6.00. The van der Waals surface area contributed by atoms with Gasteiger partial charge in [0, 0.05) is 23.7 Å². The minimum atomic E-state index is -0.172. The van der Waals surface area contributed by atoms with Crippen LogP contribution in [0.2, 0.25) is 0 Å². The van der Waals surface area contributed by atoms with Crippen LogP contribution in [0.5, 0.6) is 0 Å². The number of fused-ring (bicyclic) bond motifs is 1. The van der Waals surface area contributed by atoms with Gasteiger partial charge in [-0.2, -0.15) is 0 Å². The molecule has 3 aromatic rings. The average molecular weight is 351 g/mol. The lowest BCUT2D eigenvalue weighted by molar-refractivity contribution is 0.279. The second-order valence-corrected chi connectivity index (χ2v) is 6.13. The van der Waals surface area contributed by atoms with E-state index in [1.165, 1.54) is 0 Å². The summed E-state index contributed by atoms with van der Waals surface area (Å²) >= 11 is 0. The zero-order valence-electron chi connectivity index (χ0n) is 14.1. The van der Waals surface area contributed by atoms with Crippen molar-refractivity contribution in [1.82, 2.24) is 26.0 Å². The number of H-pyrrole nitrogens is 1. The fourth-order valence-electron chi connectivity index (χ4n) is 3.08. The largest absolute Gasteiger partial charge is 0.369 e. The van der Waals surface area contributed by atoms with E-state index >= 15 is 0 Å². The van der Waals surface area contributed by atoms with Crippen LogP contribution in [0.25, 0.3) is 22.2 Å². The molecule has 4 rings (SSSR count). The number of nitrogens with two attached hydrogens (primary N) is 3. The number of anilines is 1. The highest BCUT2D eigenvalue weighted by molar-refractivity contribution is 6.07. The van der Waals surface area contributed by atoms with Gasteiger partial charge in [0.2, 0.25) is 0 Å². The Morgan fingerprint density at radius 1 is 1.04 bits per heavy atom. The van der Waals surface area contributed by atoms with Gasteiger partial charge in [-0.3, -0.25) is 5.01 Å². The maximum atomic E-state index is 6.00. The summed E-state index contributed by atoms with van der Waals surface area (Å²) in [5.41, 5.74) is 27.9. The van der Waals surface area contributed by atoms with E-state index in [2.05, 4.69) is 26.1 Å². The van der Waals surface area contributed by atoms with Gasteiger partial charge in [-0.25, -0.2) is 10.5 Å². The molecule has 1 atom stereocenters. The summed E-state index contributed by atoms with van der Waals surface area (Å²) in [4.78, 5) is 7.51. The van der Waals surface area contributed by atoms with Gasteiger partial charge < -0.3 is 22.2 Å². The molecule has 2 aromatic carbocycles. The van der Waals surface area contributed by atoms with Crippen LogP contribution < -0.4 is 28.3 Å². The van der Waals surface area contributed by atoms with E-state index in [9.17, 15) is 0 Å². The summed E-state index contributed by atoms with van der Waals surface area (Å²) in [5, 5.41) is 6.23. The number of aromatic amines is 1. The number of benzene rings is 2. The number of nitrogens with one attached hydrogen (secondary N) is 3. The fraction of sp³-hybridized carbons (Fsp3) is 0.176. The molecule has 9 nitrogen and oxygen atoms in total. The summed E-state index contributed by atoms with van der Waals surface area (Å²) in [6.45, 7) is 0.912. The molecular weight excluding hydrogens is 330 g/mol. The molecule has 1 aromatic heterocycles. The molecule has 9 heteroatoms. The van der Waals surface area contributed by atoms with Crippen molar-refractivity contribution in [3.63, 3.8) is 0 Å². The maximum Gasteiger partial charge on any atom is 0.198 e. The van der Waals surface area contributed by atoms with Gasteiger partial charge in [-0.1, -0.05) is 36.4 Å². The fourth-order valence-corrected chi connectivity index (χ4v) is 3.08. The number of nitrogen functional groups attached to an aromatic ring is 1. The molecule has 0 amide bonds. The number of hydrogen-bond donors (Lipinski definition) is 6. The molecule has 1 aliphatic rings. The van der Waals surface area contributed by atoms with E-state index < -0.39 is 0 Å². The third-order valence-corrected chi connectivity index (χ3v) is 4.31. The number of aromatic nitrogens is 2. The van der Waals surface area contributed by atoms with E-state index in [1.54, 1.807) is 0 Å². The lowest BCUT2D eigenvalue weighted by Crippen LogP contribution is -2.49. The van der Waals surface area contributed by atoms with Crippen molar-refractivity contribution < 1.29 is 0 Å². The summed E-state index contributed by atoms with van der Waals surface area (Å²) in [5.74, 6) is 1.13. The lowest BCUT2D eigenvalue weighted by Gasteiger charge is -2.23. The molecule has 0 spiro atoms. The molecule has 2 heterocycles. The van der Waals surface area contributed by atoms with E-state index in [0.29, 0.717) is 19.0 Å². The van der Waals surface area contributed by atoms with Crippen LogP contribution in [0.1, 0.15) is 5.56 Å². The number of hydrazine groups is 2. The van der Waals surface area contributed by atoms with Crippen LogP contribution in [-0.2, 0) is 0 Å². The monoisotopic (exact) mass is 351 g/mol. The molecule has 0 bridgehead atoms. The van der Waals surface area contributed by atoms with E-state index in [1.807, 2.05) is 47.5 Å². The van der Waals surface area contributed by atoms with Gasteiger partial charge in [0.15, 0.2) is 11.8 Å². The van der Waals surface area contributed by atoms with Crippen LogP contribution in [0.15, 0.2) is 47.6 Å². The van der Waals surface area contributed by atoms with Crippen molar-refractivity contribution in [2.24, 2.45) is 16.6 Å². The quantitative estimate of drug-likeness (QED) is 0.382. The zero-order chi connectivity index (χ0) is 18.1. The molecule has 0 unspecified atom stereocenters. The van der Waals surface area contributed by atoms with Gasteiger partial charge in [-0.05, 0) is 11.6 Å². The van der Waals surface area contributed by atoms with E-state index in [4.69, 9.17) is 17.2 Å². The molecule has 0 radical (unpaired) electrons. The predicted octanol–water partition coefficient (Wildman–Crippen LogP) is 0.0845. The number of hydrazone groups is 1. The molecule has 9 N–H and O–H groups in total. The highest BCUT2D eigenvalue weighted by Crippen LogP contribution is 2.31. The topological polar surface area (TPSA) is 146 Å². The summed E-state index contributed by atoms with van der Waals surface area (Å²) in [6, 6.07) is 13.8. The van der Waals surface area contributed by atoms with Crippen molar-refractivity contribution in [3.8, 4) is 11.1 Å². The molecule has 134 valence electrons. The normalized spacial score (nSPS) is 15.2. The highest BCUT2D eigenvalue weighted by atomic mass is 15.8. The molecule has 26 heavy (non-hydrogen) atoms. The second kappa shape index (κ2) is 6.64. The van der Waals surface area contributed by atoms with Crippen LogP contribution in [0, 0.1) is 0 Å². The first-order chi connectivity index (χ1) is 12.7. The van der Waals surface area contributed by atoms with Gasteiger partial charge in [0.25, 0.3) is 0 Å². The Morgan fingerprint density at radius 3 is 2.62 bits per heavy atom. The Balaban J connectivity index is 1.80. The van der Waals surface area contributed by atoms with Crippen molar-refractivity contribution in [2.45, 2.75) is 6.04 Å². The number of hydrogen-bond acceptors (Lipinski definition) is 8. The minimum absolute atomic E-state index is 0.172. The van der Waals surface area contributed by atoms with Crippen LogP contribution in [0.3, 0.4) is 0 Å². The third kappa shape index (κ3) is 2.84. The summed E-state index contributed by atoms with van der Waals surface area (Å²) in [6.07, 6.45) is 0. The van der Waals surface area contributed by atoms with Crippen molar-refractivity contribution >= 4 is 22.8 Å². The number of para-hydroxylation sites is 1. The number of nitrogens with zero attached hydrogens (tertiary/aromatic N) is 3. The Bertz CT molecular complexity index is 962. The Kier molecular flexibility index (Phi) is 4.17. The summed E-state index contributed by atoms with van der Waals surface area (Å²) in [7, 11) is 0. The van der Waals surface area contributed by atoms with Crippen molar-refractivity contribution in [3.05, 3.63) is 48.0 Å². The molecule has 0 aliphatic carbocycles. The standard InChI is InChI=1S/C17H21N9/c18-8-10(19)9-26-16(23-24-25-26)13-5-2-1-4-11(13)12-6-3-7-14-15(12)22-17(20)21-14/h1-7,10,24-25H,8-9,18-19H2,(H3,20,21,22)/t10-/m0/s1. The van der Waals surface area contributed by atoms with Gasteiger partial charge in [0.05, 0.1) is 17.6 Å². The smallest absolute Gasteiger partial charge is 0.198 e. The van der Waals surface area contributed by atoms with E-state index in [-0.39, 0.29) is 6.04 Å². The number of imidazole rings is 1. The molecule has 0 fully saturated rings. The second-order valence-electron chi connectivity index (χ2n) is 6.13. The zero-order valence-corrected chi connectivity index (χ0v) is 14.1. The third-order valence-electron chi connectivity index (χ3n) is 4.31. The first kappa shape index (κ1) is 16.3. The van der Waals surface area contributed by atoms with E-state index in [0.717, 1.165) is 33.6 Å². The summed E-state index contributed by atoms with van der Waals surface area (Å²) < 4.78 is 0. The molecule has 1 aliphatic heterocycles. The first-order valence-corrected chi connectivity index (χ1v) is 8.33. The van der Waals surface area contributed by atoms with Crippen LogP contribution in [0.4, 0.5) is 5.95 Å². The minimum Gasteiger partial charge on any atom is -0.369 e. The number of amidine groups is 1. The van der Waals surface area contributed by atoms with Crippen molar-refractivity contribution in [2.75, 3.05) is 18.8 Å². The molecule has 0 saturated carbocycles. The SMILES string of the molecule is NC[C@H](N)CN1NNN=C1c1ccccc1-c1cccc2[nH]c(N)nc12. The molecular formula is C17H21N9. The van der Waals surface area contributed by atoms with Crippen molar-refractivity contribution in [1.29, 1.82) is 0 Å². The highest BCUT2D eigenvalue weighted by Gasteiger charge is 2.24. The number of rotatable bonds is 5. The lowest BCUT2D eigenvalue weighted by atomic mass is 9.97. The first-order valence-electron chi connectivity index (χ1n) is 8.33. The molecule has 0 saturated heterocycles. The Hall–Kier alpha value is -3.14. The van der Waals surface area contributed by atoms with Gasteiger partial charge in [0.1, 0.15) is 0 Å². The van der Waals surface area contributed by atoms with Crippen LogP contribution >= 0.6 is 0 Å². The average Bonchev–Trinajstić information content (AvgIpc) is 3.26. The predicted molar refractivity (Wildman–Crippen MR) is 102 cm³/mol.